The van der Waals surface area contributed by atoms with Crippen molar-refractivity contribution < 1.29 is 0 Å². The molecule has 1 heterocycles. The zero-order chi connectivity index (χ0) is 15.3. The number of halogens is 1. The Kier molecular flexibility index (Phi) is 5.99. The first-order valence-electron chi connectivity index (χ1n) is 7.41. The number of hydrogen-bond donors (Lipinski definition) is 2. The van der Waals surface area contributed by atoms with Gasteiger partial charge < -0.3 is 0 Å². The van der Waals surface area contributed by atoms with Crippen LogP contribution in [0.5, 0.6) is 0 Å². The van der Waals surface area contributed by atoms with Crippen LogP contribution < -0.4 is 11.3 Å². The van der Waals surface area contributed by atoms with Crippen molar-refractivity contribution in [1.82, 2.24) is 5.43 Å². The molecule has 0 radical (unpaired) electrons. The highest BCUT2D eigenvalue weighted by Crippen LogP contribution is 2.38. The van der Waals surface area contributed by atoms with Gasteiger partial charge in [-0.15, -0.1) is 11.3 Å². The minimum absolute atomic E-state index is 0.0550. The van der Waals surface area contributed by atoms with Crippen molar-refractivity contribution in [3.05, 3.63) is 56.7 Å². The minimum atomic E-state index is 0.0550. The maximum absolute atomic E-state index is 5.95. The van der Waals surface area contributed by atoms with Gasteiger partial charge in [-0.1, -0.05) is 44.2 Å². The van der Waals surface area contributed by atoms with E-state index in [1.165, 1.54) is 14.9 Å². The molecular formula is C17H23BrN2S. The molecule has 0 aliphatic rings. The van der Waals surface area contributed by atoms with Gasteiger partial charge in [-0.05, 0) is 45.8 Å². The molecule has 0 bridgehead atoms. The fraction of sp³-hybridized carbons (Fsp3) is 0.412. The van der Waals surface area contributed by atoms with Gasteiger partial charge in [0.05, 0.1) is 0 Å². The Labute approximate surface area is 139 Å². The summed E-state index contributed by atoms with van der Waals surface area (Å²) in [6.45, 7) is 4.51. The van der Waals surface area contributed by atoms with Gasteiger partial charge in [-0.3, -0.25) is 11.3 Å². The van der Waals surface area contributed by atoms with Crippen LogP contribution in [0.15, 0.2) is 46.3 Å². The zero-order valence-electron chi connectivity index (χ0n) is 12.6. The quantitative estimate of drug-likeness (QED) is 0.553. The lowest BCUT2D eigenvalue weighted by molar-refractivity contribution is 0.271. The van der Waals surface area contributed by atoms with Gasteiger partial charge >= 0.3 is 0 Å². The first kappa shape index (κ1) is 16.7. The molecule has 2 rings (SSSR count). The van der Waals surface area contributed by atoms with E-state index in [0.717, 1.165) is 19.3 Å². The second-order valence-electron chi connectivity index (χ2n) is 5.34. The second-order valence-corrected chi connectivity index (χ2v) is 7.20. The first-order valence-corrected chi connectivity index (χ1v) is 9.08. The maximum Gasteiger partial charge on any atom is 0.0355 e. The molecule has 2 nitrogen and oxygen atoms in total. The number of benzene rings is 1. The number of rotatable bonds is 7. The predicted octanol–water partition coefficient (Wildman–Crippen LogP) is 4.64. The third-order valence-corrected chi connectivity index (χ3v) is 6.51. The first-order chi connectivity index (χ1) is 10.2. The van der Waals surface area contributed by atoms with Gasteiger partial charge in [0, 0.05) is 27.2 Å². The standard InChI is InChI=1S/C17H23BrN2S/c1-3-17(4-2,13-8-6-5-7-9-13)16(20-19)12-15-14(18)10-11-21-15/h5-11,16,20H,3-4,12,19H2,1-2H3. The minimum Gasteiger partial charge on any atom is -0.271 e. The monoisotopic (exact) mass is 366 g/mol. The van der Waals surface area contributed by atoms with Gasteiger partial charge in [0.25, 0.3) is 0 Å². The summed E-state index contributed by atoms with van der Waals surface area (Å²) < 4.78 is 1.18. The van der Waals surface area contributed by atoms with Crippen LogP contribution in [0.2, 0.25) is 0 Å². The van der Waals surface area contributed by atoms with Crippen LogP contribution in [-0.2, 0) is 11.8 Å². The van der Waals surface area contributed by atoms with Crippen molar-refractivity contribution in [3.63, 3.8) is 0 Å². The Bertz CT molecular complexity index is 549. The van der Waals surface area contributed by atoms with Crippen LogP contribution in [0.4, 0.5) is 0 Å². The third kappa shape index (κ3) is 3.39. The van der Waals surface area contributed by atoms with Crippen LogP contribution in [0.25, 0.3) is 0 Å². The largest absolute Gasteiger partial charge is 0.271 e. The summed E-state index contributed by atoms with van der Waals surface area (Å²) in [6, 6.07) is 13.1. The fourth-order valence-corrected chi connectivity index (χ4v) is 4.75. The lowest BCUT2D eigenvalue weighted by atomic mass is 9.69. The van der Waals surface area contributed by atoms with Crippen molar-refractivity contribution in [1.29, 1.82) is 0 Å². The Morgan fingerprint density at radius 2 is 1.86 bits per heavy atom. The number of thiophene rings is 1. The van der Waals surface area contributed by atoms with E-state index in [2.05, 4.69) is 77.0 Å². The second kappa shape index (κ2) is 7.54. The highest BCUT2D eigenvalue weighted by atomic mass is 79.9. The maximum atomic E-state index is 5.95. The van der Waals surface area contributed by atoms with E-state index >= 15 is 0 Å². The normalized spacial score (nSPS) is 13.3. The summed E-state index contributed by atoms with van der Waals surface area (Å²) in [6.07, 6.45) is 3.06. The molecule has 0 aliphatic carbocycles. The number of hydrazine groups is 1. The van der Waals surface area contributed by atoms with E-state index in [4.69, 9.17) is 5.84 Å². The lowest BCUT2D eigenvalue weighted by Crippen LogP contribution is -2.52. The zero-order valence-corrected chi connectivity index (χ0v) is 15.0. The predicted molar refractivity (Wildman–Crippen MR) is 95.5 cm³/mol. The molecule has 2 aromatic rings. The highest BCUT2D eigenvalue weighted by Gasteiger charge is 2.37. The molecule has 0 amide bonds. The lowest BCUT2D eigenvalue weighted by Gasteiger charge is -2.40. The molecule has 114 valence electrons. The van der Waals surface area contributed by atoms with Gasteiger partial charge in [0.2, 0.25) is 0 Å². The Hall–Kier alpha value is -0.680. The Morgan fingerprint density at radius 3 is 2.33 bits per heavy atom. The third-order valence-electron chi connectivity index (χ3n) is 4.56. The SMILES string of the molecule is CCC(CC)(c1ccccc1)C(Cc1sccc1Br)NN. The summed E-state index contributed by atoms with van der Waals surface area (Å²) in [5.41, 5.74) is 4.52. The Morgan fingerprint density at radius 1 is 1.19 bits per heavy atom. The molecule has 21 heavy (non-hydrogen) atoms. The molecule has 0 saturated carbocycles. The molecular weight excluding hydrogens is 344 g/mol. The highest BCUT2D eigenvalue weighted by molar-refractivity contribution is 9.10. The smallest absolute Gasteiger partial charge is 0.0355 e. The van der Waals surface area contributed by atoms with Crippen molar-refractivity contribution in [3.8, 4) is 0 Å². The topological polar surface area (TPSA) is 38.0 Å². The molecule has 1 atom stereocenters. The summed E-state index contributed by atoms with van der Waals surface area (Å²) in [5, 5.41) is 2.12. The van der Waals surface area contributed by atoms with E-state index < -0.39 is 0 Å². The van der Waals surface area contributed by atoms with Gasteiger partial charge in [-0.2, -0.15) is 0 Å². The molecule has 0 spiro atoms. The van der Waals surface area contributed by atoms with Crippen LogP contribution in [0.3, 0.4) is 0 Å². The summed E-state index contributed by atoms with van der Waals surface area (Å²) in [5.74, 6) is 5.95. The average Bonchev–Trinajstić information content (AvgIpc) is 2.94. The number of hydrogen-bond acceptors (Lipinski definition) is 3. The Balaban J connectivity index is 2.37. The van der Waals surface area contributed by atoms with Crippen LogP contribution in [0, 0.1) is 0 Å². The fourth-order valence-electron chi connectivity index (χ4n) is 3.19. The van der Waals surface area contributed by atoms with Crippen LogP contribution in [0.1, 0.15) is 37.1 Å². The molecule has 1 aromatic heterocycles. The van der Waals surface area contributed by atoms with E-state index in [0.29, 0.717) is 0 Å². The van der Waals surface area contributed by atoms with Crippen molar-refractivity contribution in [2.75, 3.05) is 0 Å². The summed E-state index contributed by atoms with van der Waals surface area (Å²) in [4.78, 5) is 1.35. The van der Waals surface area contributed by atoms with Crippen LogP contribution in [-0.4, -0.2) is 6.04 Å². The molecule has 4 heteroatoms. The van der Waals surface area contributed by atoms with Gasteiger partial charge in [-0.25, -0.2) is 0 Å². The van der Waals surface area contributed by atoms with E-state index in [9.17, 15) is 0 Å². The van der Waals surface area contributed by atoms with Crippen molar-refractivity contribution in [2.45, 2.75) is 44.6 Å². The van der Waals surface area contributed by atoms with Crippen molar-refractivity contribution in [2.24, 2.45) is 5.84 Å². The van der Waals surface area contributed by atoms with E-state index in [1.54, 1.807) is 11.3 Å². The van der Waals surface area contributed by atoms with Crippen molar-refractivity contribution >= 4 is 27.3 Å². The summed E-state index contributed by atoms with van der Waals surface area (Å²) >= 11 is 5.42. The number of nitrogens with one attached hydrogen (secondary N) is 1. The number of nitrogens with two attached hydrogens (primary N) is 1. The molecule has 1 unspecified atom stereocenters. The average molecular weight is 367 g/mol. The molecule has 0 fully saturated rings. The van der Waals surface area contributed by atoms with E-state index in [1.807, 2.05) is 0 Å². The van der Waals surface area contributed by atoms with Gasteiger partial charge in [0.15, 0.2) is 0 Å². The molecule has 1 aromatic carbocycles. The van der Waals surface area contributed by atoms with Gasteiger partial charge in [0.1, 0.15) is 0 Å². The molecule has 3 N–H and O–H groups in total. The van der Waals surface area contributed by atoms with Crippen LogP contribution >= 0.6 is 27.3 Å². The molecule has 0 saturated heterocycles. The molecule has 0 aliphatic heterocycles. The summed E-state index contributed by atoms with van der Waals surface area (Å²) in [7, 11) is 0. The van der Waals surface area contributed by atoms with E-state index in [-0.39, 0.29) is 11.5 Å².